The van der Waals surface area contributed by atoms with E-state index < -0.39 is 0 Å². The van der Waals surface area contributed by atoms with Gasteiger partial charge in [-0.05, 0) is 46.0 Å². The summed E-state index contributed by atoms with van der Waals surface area (Å²) in [5, 5.41) is 6.31. The van der Waals surface area contributed by atoms with Crippen LogP contribution in [0.25, 0.3) is 0 Å². The predicted octanol–water partition coefficient (Wildman–Crippen LogP) is 0.923. The number of nitrogens with one attached hydrogen (secondary N) is 2. The van der Waals surface area contributed by atoms with Crippen molar-refractivity contribution in [2.75, 3.05) is 0 Å². The van der Waals surface area contributed by atoms with Crippen molar-refractivity contribution in [2.45, 2.75) is 71.0 Å². The molecule has 0 bridgehead atoms. The maximum atomic E-state index is 11.9. The van der Waals surface area contributed by atoms with Gasteiger partial charge < -0.3 is 16.4 Å². The summed E-state index contributed by atoms with van der Waals surface area (Å²) in [6, 6.07) is 0.333. The summed E-state index contributed by atoms with van der Waals surface area (Å²) in [7, 11) is 0. The summed E-state index contributed by atoms with van der Waals surface area (Å²) in [4.78, 5) is 23.0. The van der Waals surface area contributed by atoms with Crippen molar-refractivity contribution in [3.05, 3.63) is 0 Å². The maximum Gasteiger partial charge on any atom is 0.237 e. The van der Waals surface area contributed by atoms with E-state index in [0.717, 1.165) is 32.1 Å². The van der Waals surface area contributed by atoms with Gasteiger partial charge in [-0.1, -0.05) is 6.92 Å². The van der Waals surface area contributed by atoms with Gasteiger partial charge in [-0.25, -0.2) is 0 Å². The van der Waals surface area contributed by atoms with Crippen LogP contribution in [0.4, 0.5) is 0 Å². The van der Waals surface area contributed by atoms with Gasteiger partial charge >= 0.3 is 0 Å². The molecule has 110 valence electrons. The first-order valence-electron chi connectivity index (χ1n) is 7.29. The Balaban J connectivity index is 2.32. The van der Waals surface area contributed by atoms with E-state index in [2.05, 4.69) is 10.6 Å². The second-order valence-electron chi connectivity index (χ2n) is 5.66. The highest BCUT2D eigenvalue weighted by molar-refractivity contribution is 5.81. The SMILES string of the molecule is CCC(C)NC(=O)C(C)NC1CCC(C(N)=O)CC1. The summed E-state index contributed by atoms with van der Waals surface area (Å²) in [5.74, 6) is -0.130. The van der Waals surface area contributed by atoms with Crippen molar-refractivity contribution in [1.29, 1.82) is 0 Å². The molecule has 0 heterocycles. The lowest BCUT2D eigenvalue weighted by atomic mass is 9.85. The van der Waals surface area contributed by atoms with Crippen LogP contribution in [-0.4, -0.2) is 29.9 Å². The minimum Gasteiger partial charge on any atom is -0.369 e. The lowest BCUT2D eigenvalue weighted by Gasteiger charge is -2.29. The highest BCUT2D eigenvalue weighted by atomic mass is 16.2. The van der Waals surface area contributed by atoms with Crippen molar-refractivity contribution < 1.29 is 9.59 Å². The Bertz CT molecular complexity index is 312. The van der Waals surface area contributed by atoms with Crippen LogP contribution in [0.5, 0.6) is 0 Å². The number of nitrogens with two attached hydrogens (primary N) is 1. The molecule has 0 aromatic rings. The zero-order valence-electron chi connectivity index (χ0n) is 12.2. The third kappa shape index (κ3) is 5.19. The first-order chi connectivity index (χ1) is 8.93. The molecule has 2 amide bonds. The Morgan fingerprint density at radius 2 is 1.79 bits per heavy atom. The number of primary amides is 1. The number of rotatable bonds is 6. The minimum atomic E-state index is -0.194. The van der Waals surface area contributed by atoms with E-state index in [4.69, 9.17) is 5.73 Å². The Labute approximate surface area is 115 Å². The van der Waals surface area contributed by atoms with E-state index >= 15 is 0 Å². The van der Waals surface area contributed by atoms with Gasteiger partial charge in [-0.3, -0.25) is 9.59 Å². The van der Waals surface area contributed by atoms with Crippen molar-refractivity contribution >= 4 is 11.8 Å². The molecule has 1 fully saturated rings. The number of hydrogen-bond donors (Lipinski definition) is 3. The molecule has 0 spiro atoms. The Kier molecular flexibility index (Phi) is 6.28. The van der Waals surface area contributed by atoms with Crippen LogP contribution in [0.2, 0.25) is 0 Å². The van der Waals surface area contributed by atoms with Gasteiger partial charge in [-0.2, -0.15) is 0 Å². The van der Waals surface area contributed by atoms with Gasteiger partial charge in [0.1, 0.15) is 0 Å². The predicted molar refractivity (Wildman–Crippen MR) is 75.4 cm³/mol. The van der Waals surface area contributed by atoms with Crippen LogP contribution in [0.15, 0.2) is 0 Å². The van der Waals surface area contributed by atoms with Gasteiger partial charge in [0.25, 0.3) is 0 Å². The third-order valence-corrected chi connectivity index (χ3v) is 4.01. The van der Waals surface area contributed by atoms with E-state index in [-0.39, 0.29) is 29.8 Å². The van der Waals surface area contributed by atoms with E-state index in [1.807, 2.05) is 20.8 Å². The molecule has 1 saturated carbocycles. The molecule has 0 aromatic heterocycles. The molecule has 2 unspecified atom stereocenters. The van der Waals surface area contributed by atoms with Crippen LogP contribution in [0, 0.1) is 5.92 Å². The van der Waals surface area contributed by atoms with Crippen LogP contribution in [-0.2, 0) is 9.59 Å². The van der Waals surface area contributed by atoms with Crippen molar-refractivity contribution in [2.24, 2.45) is 11.7 Å². The van der Waals surface area contributed by atoms with Crippen molar-refractivity contribution in [3.8, 4) is 0 Å². The highest BCUT2D eigenvalue weighted by Gasteiger charge is 2.26. The topological polar surface area (TPSA) is 84.2 Å². The molecule has 4 N–H and O–H groups in total. The van der Waals surface area contributed by atoms with Gasteiger partial charge in [0.15, 0.2) is 0 Å². The molecular weight excluding hydrogens is 242 g/mol. The molecule has 1 rings (SSSR count). The lowest BCUT2D eigenvalue weighted by molar-refractivity contribution is -0.125. The fourth-order valence-electron chi connectivity index (χ4n) is 2.44. The number of carbonyl (C=O) groups is 2. The van der Waals surface area contributed by atoms with E-state index in [0.29, 0.717) is 6.04 Å². The first kappa shape index (κ1) is 16.0. The number of carbonyl (C=O) groups excluding carboxylic acids is 2. The van der Waals surface area contributed by atoms with Crippen LogP contribution in [0.1, 0.15) is 52.9 Å². The highest BCUT2D eigenvalue weighted by Crippen LogP contribution is 2.24. The molecular formula is C14H27N3O2. The summed E-state index contributed by atoms with van der Waals surface area (Å²) in [6.07, 6.45) is 4.41. The van der Waals surface area contributed by atoms with Gasteiger partial charge in [0.05, 0.1) is 6.04 Å². The minimum absolute atomic E-state index is 0.0160. The third-order valence-electron chi connectivity index (χ3n) is 4.01. The molecule has 1 aliphatic rings. The largest absolute Gasteiger partial charge is 0.369 e. The van der Waals surface area contributed by atoms with Crippen molar-refractivity contribution in [1.82, 2.24) is 10.6 Å². The Morgan fingerprint density at radius 1 is 1.21 bits per heavy atom. The molecule has 1 aliphatic carbocycles. The zero-order valence-corrected chi connectivity index (χ0v) is 12.2. The molecule has 2 atom stereocenters. The molecule has 0 aromatic carbocycles. The second-order valence-corrected chi connectivity index (χ2v) is 5.66. The van der Waals surface area contributed by atoms with Gasteiger partial charge in [-0.15, -0.1) is 0 Å². The molecule has 19 heavy (non-hydrogen) atoms. The van der Waals surface area contributed by atoms with Crippen LogP contribution >= 0.6 is 0 Å². The number of amides is 2. The summed E-state index contributed by atoms with van der Waals surface area (Å²) in [5.41, 5.74) is 5.31. The number of hydrogen-bond acceptors (Lipinski definition) is 3. The summed E-state index contributed by atoms with van der Waals surface area (Å²) < 4.78 is 0. The van der Waals surface area contributed by atoms with Crippen LogP contribution < -0.4 is 16.4 Å². The first-order valence-corrected chi connectivity index (χ1v) is 7.29. The molecule has 5 nitrogen and oxygen atoms in total. The summed E-state index contributed by atoms with van der Waals surface area (Å²) in [6.45, 7) is 5.94. The average Bonchev–Trinajstić information content (AvgIpc) is 2.38. The molecule has 0 saturated heterocycles. The van der Waals surface area contributed by atoms with E-state index in [1.54, 1.807) is 0 Å². The molecule has 5 heteroatoms. The normalized spacial score (nSPS) is 26.5. The standard InChI is InChI=1S/C14H27N3O2/c1-4-9(2)16-14(19)10(3)17-12-7-5-11(6-8-12)13(15)18/h9-12,17H,4-8H2,1-3H3,(H2,15,18)(H,16,19). The Hall–Kier alpha value is -1.10. The van der Waals surface area contributed by atoms with Crippen LogP contribution in [0.3, 0.4) is 0 Å². The smallest absolute Gasteiger partial charge is 0.237 e. The van der Waals surface area contributed by atoms with E-state index in [1.165, 1.54) is 0 Å². The maximum absolute atomic E-state index is 11.9. The molecule has 0 aliphatic heterocycles. The molecule has 0 radical (unpaired) electrons. The monoisotopic (exact) mass is 269 g/mol. The van der Waals surface area contributed by atoms with Gasteiger partial charge in [0.2, 0.25) is 11.8 Å². The van der Waals surface area contributed by atoms with Crippen molar-refractivity contribution in [3.63, 3.8) is 0 Å². The van der Waals surface area contributed by atoms with Gasteiger partial charge in [0, 0.05) is 18.0 Å². The summed E-state index contributed by atoms with van der Waals surface area (Å²) >= 11 is 0. The average molecular weight is 269 g/mol. The Morgan fingerprint density at radius 3 is 2.26 bits per heavy atom. The second kappa shape index (κ2) is 7.48. The zero-order chi connectivity index (χ0) is 14.4. The fraction of sp³-hybridized carbons (Fsp3) is 0.857. The quantitative estimate of drug-likeness (QED) is 0.670. The lowest BCUT2D eigenvalue weighted by Crippen LogP contribution is -2.49. The van der Waals surface area contributed by atoms with E-state index in [9.17, 15) is 9.59 Å². The fourth-order valence-corrected chi connectivity index (χ4v) is 2.44.